The summed E-state index contributed by atoms with van der Waals surface area (Å²) in [6.45, 7) is 6.05. The fourth-order valence-corrected chi connectivity index (χ4v) is 2.44. The Labute approximate surface area is 125 Å². The lowest BCUT2D eigenvalue weighted by Gasteiger charge is -2.32. The maximum absolute atomic E-state index is 12.4. The highest BCUT2D eigenvalue weighted by Crippen LogP contribution is 2.29. The summed E-state index contributed by atoms with van der Waals surface area (Å²) in [6, 6.07) is 3.43. The quantitative estimate of drug-likeness (QED) is 0.797. The predicted molar refractivity (Wildman–Crippen MR) is 78.8 cm³/mol. The number of likely N-dealkylation sites (tertiary alicyclic amines) is 1. The number of rotatable bonds is 1. The Bertz CT molecular complexity index is 508. The van der Waals surface area contributed by atoms with E-state index < -0.39 is 5.60 Å². The zero-order valence-electron chi connectivity index (χ0n) is 12.8. The Kier molecular flexibility index (Phi) is 4.60. The molecule has 2 heterocycles. The second kappa shape index (κ2) is 6.24. The molecule has 0 bridgehead atoms. The minimum Gasteiger partial charge on any atom is -0.444 e. The van der Waals surface area contributed by atoms with E-state index in [1.54, 1.807) is 17.3 Å². The van der Waals surface area contributed by atoms with Crippen LogP contribution in [0.4, 0.5) is 4.79 Å². The number of pyridine rings is 1. The highest BCUT2D eigenvalue weighted by Gasteiger charge is 2.32. The third-order valence-electron chi connectivity index (χ3n) is 3.35. The molecule has 2 rings (SSSR count). The van der Waals surface area contributed by atoms with Gasteiger partial charge in [0.25, 0.3) is 0 Å². The lowest BCUT2D eigenvalue weighted by atomic mass is 10.0. The van der Waals surface area contributed by atoms with Crippen molar-refractivity contribution in [3.8, 4) is 0 Å². The smallest absolute Gasteiger partial charge is 0.410 e. The molecule has 5 nitrogen and oxygen atoms in total. The first-order valence-electron chi connectivity index (χ1n) is 7.28. The molecule has 1 unspecified atom stereocenters. The van der Waals surface area contributed by atoms with Gasteiger partial charge in [0, 0.05) is 31.8 Å². The molecule has 1 aliphatic rings. The van der Waals surface area contributed by atoms with Gasteiger partial charge in [-0.1, -0.05) is 6.07 Å². The van der Waals surface area contributed by atoms with Crippen LogP contribution in [0.15, 0.2) is 24.5 Å². The first-order valence-corrected chi connectivity index (χ1v) is 7.28. The predicted octanol–water partition coefficient (Wildman–Crippen LogP) is 3.11. The summed E-state index contributed by atoms with van der Waals surface area (Å²) in [6.07, 6.45) is 4.53. The van der Waals surface area contributed by atoms with E-state index in [4.69, 9.17) is 4.74 Å². The van der Waals surface area contributed by atoms with Crippen molar-refractivity contribution in [1.29, 1.82) is 0 Å². The molecule has 0 N–H and O–H groups in total. The number of carbonyl (C=O) groups excluding carboxylic acids is 2. The van der Waals surface area contributed by atoms with Crippen molar-refractivity contribution in [2.75, 3.05) is 6.54 Å². The average molecular weight is 290 g/mol. The van der Waals surface area contributed by atoms with Crippen molar-refractivity contribution in [3.05, 3.63) is 30.1 Å². The van der Waals surface area contributed by atoms with Crippen molar-refractivity contribution in [1.82, 2.24) is 9.88 Å². The molecule has 114 valence electrons. The number of Topliss-reactive ketones (excluding diaryl/α,β-unsaturated/α-hetero) is 1. The molecule has 1 aromatic rings. The number of ketones is 1. The number of amides is 1. The minimum absolute atomic E-state index is 0.176. The Morgan fingerprint density at radius 3 is 2.81 bits per heavy atom. The second-order valence-corrected chi connectivity index (χ2v) is 6.32. The molecular weight excluding hydrogens is 268 g/mol. The molecule has 0 radical (unpaired) electrons. The molecule has 0 aliphatic carbocycles. The zero-order valence-corrected chi connectivity index (χ0v) is 12.8. The minimum atomic E-state index is -0.549. The molecule has 1 saturated heterocycles. The van der Waals surface area contributed by atoms with Crippen LogP contribution >= 0.6 is 0 Å². The van der Waals surface area contributed by atoms with Gasteiger partial charge in [0.1, 0.15) is 11.4 Å². The Morgan fingerprint density at radius 1 is 1.43 bits per heavy atom. The summed E-state index contributed by atoms with van der Waals surface area (Å²) in [4.78, 5) is 30.1. The van der Waals surface area contributed by atoms with E-state index in [1.807, 2.05) is 32.9 Å². The van der Waals surface area contributed by atoms with E-state index in [0.29, 0.717) is 25.8 Å². The average Bonchev–Trinajstić information content (AvgIpc) is 2.59. The van der Waals surface area contributed by atoms with Gasteiger partial charge in [-0.3, -0.25) is 9.78 Å². The summed E-state index contributed by atoms with van der Waals surface area (Å²) in [5.74, 6) is 0.176. The number of hydrogen-bond donors (Lipinski definition) is 0. The normalized spacial score (nSPS) is 20.0. The summed E-state index contributed by atoms with van der Waals surface area (Å²) < 4.78 is 5.48. The van der Waals surface area contributed by atoms with E-state index in [0.717, 1.165) is 5.56 Å². The molecular formula is C16H22N2O3. The summed E-state index contributed by atoms with van der Waals surface area (Å²) in [5.41, 5.74) is 0.325. The van der Waals surface area contributed by atoms with E-state index in [9.17, 15) is 9.59 Å². The van der Waals surface area contributed by atoms with Gasteiger partial charge in [0.05, 0.1) is 6.04 Å². The van der Waals surface area contributed by atoms with Crippen molar-refractivity contribution in [2.24, 2.45) is 0 Å². The van der Waals surface area contributed by atoms with Crippen molar-refractivity contribution < 1.29 is 14.3 Å². The number of ether oxygens (including phenoxy) is 1. The highest BCUT2D eigenvalue weighted by molar-refractivity contribution is 5.81. The van der Waals surface area contributed by atoms with E-state index in [2.05, 4.69) is 4.98 Å². The van der Waals surface area contributed by atoms with Crippen LogP contribution in [0.2, 0.25) is 0 Å². The maximum atomic E-state index is 12.4. The first kappa shape index (κ1) is 15.5. The molecule has 5 heteroatoms. The van der Waals surface area contributed by atoms with Gasteiger partial charge in [-0.05, 0) is 38.8 Å². The molecule has 21 heavy (non-hydrogen) atoms. The third-order valence-corrected chi connectivity index (χ3v) is 3.35. The van der Waals surface area contributed by atoms with E-state index in [-0.39, 0.29) is 17.9 Å². The second-order valence-electron chi connectivity index (χ2n) is 6.32. The highest BCUT2D eigenvalue weighted by atomic mass is 16.6. The molecule has 0 spiro atoms. The van der Waals surface area contributed by atoms with Crippen molar-refractivity contribution in [3.63, 3.8) is 0 Å². The number of aromatic nitrogens is 1. The van der Waals surface area contributed by atoms with Gasteiger partial charge in [-0.25, -0.2) is 4.79 Å². The maximum Gasteiger partial charge on any atom is 0.410 e. The lowest BCUT2D eigenvalue weighted by Crippen LogP contribution is -2.39. The van der Waals surface area contributed by atoms with E-state index in [1.165, 1.54) is 0 Å². The third kappa shape index (κ3) is 4.28. The number of carbonyl (C=O) groups is 2. The molecule has 1 atom stereocenters. The van der Waals surface area contributed by atoms with Gasteiger partial charge in [-0.15, -0.1) is 0 Å². The van der Waals surface area contributed by atoms with Gasteiger partial charge >= 0.3 is 6.09 Å². The van der Waals surface area contributed by atoms with Crippen LogP contribution < -0.4 is 0 Å². The van der Waals surface area contributed by atoms with Gasteiger partial charge in [-0.2, -0.15) is 0 Å². The molecule has 1 aromatic heterocycles. The molecule has 1 aliphatic heterocycles. The Hall–Kier alpha value is -1.91. The summed E-state index contributed by atoms with van der Waals surface area (Å²) in [5, 5.41) is 0. The Balaban J connectivity index is 2.26. The van der Waals surface area contributed by atoms with Crippen LogP contribution in [0.5, 0.6) is 0 Å². The van der Waals surface area contributed by atoms with E-state index >= 15 is 0 Å². The summed E-state index contributed by atoms with van der Waals surface area (Å²) in [7, 11) is 0. The fraction of sp³-hybridized carbons (Fsp3) is 0.562. The molecule has 1 amide bonds. The topological polar surface area (TPSA) is 59.5 Å². The van der Waals surface area contributed by atoms with Crippen LogP contribution in [0, 0.1) is 0 Å². The van der Waals surface area contributed by atoms with Gasteiger partial charge in [0.2, 0.25) is 0 Å². The van der Waals surface area contributed by atoms with Crippen LogP contribution in [-0.4, -0.2) is 33.9 Å². The number of nitrogens with zero attached hydrogens (tertiary/aromatic N) is 2. The van der Waals surface area contributed by atoms with Crippen LogP contribution in [0.1, 0.15) is 51.6 Å². The van der Waals surface area contributed by atoms with Crippen molar-refractivity contribution >= 4 is 11.9 Å². The fourth-order valence-electron chi connectivity index (χ4n) is 2.44. The van der Waals surface area contributed by atoms with Crippen LogP contribution in [0.25, 0.3) is 0 Å². The lowest BCUT2D eigenvalue weighted by molar-refractivity contribution is -0.119. The summed E-state index contributed by atoms with van der Waals surface area (Å²) >= 11 is 0. The number of hydrogen-bond acceptors (Lipinski definition) is 4. The van der Waals surface area contributed by atoms with Gasteiger partial charge in [0.15, 0.2) is 0 Å². The largest absolute Gasteiger partial charge is 0.444 e. The standard InChI is InChI=1S/C16H22N2O3/c1-16(2,3)21-15(20)18-9-5-7-13(19)10-14(18)12-6-4-8-17-11-12/h4,6,8,11,14H,5,7,9-10H2,1-3H3. The molecule has 0 saturated carbocycles. The Morgan fingerprint density at radius 2 is 2.19 bits per heavy atom. The van der Waals surface area contributed by atoms with Crippen LogP contribution in [0.3, 0.4) is 0 Å². The molecule has 1 fully saturated rings. The van der Waals surface area contributed by atoms with Crippen molar-refractivity contribution in [2.45, 2.75) is 51.7 Å². The molecule has 0 aromatic carbocycles. The monoisotopic (exact) mass is 290 g/mol. The van der Waals surface area contributed by atoms with Crippen LogP contribution in [-0.2, 0) is 9.53 Å². The SMILES string of the molecule is CC(C)(C)OC(=O)N1CCCC(=O)CC1c1cccnc1. The van der Waals surface area contributed by atoms with Gasteiger partial charge < -0.3 is 9.64 Å². The zero-order chi connectivity index (χ0) is 15.5. The first-order chi connectivity index (χ1) is 9.87.